The molecule has 26 heavy (non-hydrogen) atoms. The molecule has 2 aromatic carbocycles. The fourth-order valence-corrected chi connectivity index (χ4v) is 3.50. The summed E-state index contributed by atoms with van der Waals surface area (Å²) in [6, 6.07) is 12.5. The highest BCUT2D eigenvalue weighted by Crippen LogP contribution is 2.21. The number of amides is 1. The number of halogens is 2. The summed E-state index contributed by atoms with van der Waals surface area (Å²) in [5, 5.41) is 9.24. The first kappa shape index (κ1) is 18.2. The molecule has 134 valence electrons. The van der Waals surface area contributed by atoms with Gasteiger partial charge in [-0.3, -0.25) is 14.6 Å². The summed E-state index contributed by atoms with van der Waals surface area (Å²) in [6.07, 6.45) is 1.14. The van der Waals surface area contributed by atoms with E-state index in [-0.39, 0.29) is 10.6 Å². The summed E-state index contributed by atoms with van der Waals surface area (Å²) < 4.78 is 27.5. The molecule has 0 aliphatic carbocycles. The Morgan fingerprint density at radius 3 is 2.04 bits per heavy atom. The van der Waals surface area contributed by atoms with E-state index in [1.165, 1.54) is 12.1 Å². The lowest BCUT2D eigenvalue weighted by Gasteiger charge is -2.09. The Morgan fingerprint density at radius 1 is 0.923 bits per heavy atom. The Balaban J connectivity index is 1.83. The van der Waals surface area contributed by atoms with Crippen molar-refractivity contribution >= 4 is 50.5 Å². The molecule has 3 aromatic rings. The van der Waals surface area contributed by atoms with Gasteiger partial charge >= 0.3 is 0 Å². The molecule has 3 rings (SSSR count). The van der Waals surface area contributed by atoms with E-state index < -0.39 is 15.9 Å². The van der Waals surface area contributed by atoms with E-state index in [2.05, 4.69) is 20.2 Å². The number of aromatic nitrogens is 2. The third kappa shape index (κ3) is 4.16. The summed E-state index contributed by atoms with van der Waals surface area (Å²) in [7, 11) is -4.05. The second-order valence-corrected chi connectivity index (χ2v) is 7.68. The number of H-pyrrole nitrogens is 1. The average molecular weight is 411 g/mol. The number of sulfonamides is 1. The second kappa shape index (κ2) is 7.36. The van der Waals surface area contributed by atoms with Crippen LogP contribution < -0.4 is 10.0 Å². The largest absolute Gasteiger partial charge is 0.322 e. The highest BCUT2D eigenvalue weighted by molar-refractivity contribution is 7.92. The van der Waals surface area contributed by atoms with Crippen LogP contribution in [-0.2, 0) is 10.0 Å². The summed E-state index contributed by atoms with van der Waals surface area (Å²) >= 11 is 11.6. The zero-order valence-corrected chi connectivity index (χ0v) is 15.4. The Kier molecular flexibility index (Phi) is 5.17. The first-order valence-electron chi connectivity index (χ1n) is 7.24. The molecule has 0 saturated carbocycles. The minimum Gasteiger partial charge on any atom is -0.322 e. The van der Waals surface area contributed by atoms with Crippen molar-refractivity contribution < 1.29 is 13.2 Å². The van der Waals surface area contributed by atoms with E-state index in [0.29, 0.717) is 21.4 Å². The van der Waals surface area contributed by atoms with Gasteiger partial charge in [-0.25, -0.2) is 0 Å². The monoisotopic (exact) mass is 410 g/mol. The van der Waals surface area contributed by atoms with Gasteiger partial charge in [0, 0.05) is 21.4 Å². The minimum absolute atomic E-state index is 0.124. The first-order valence-corrected chi connectivity index (χ1v) is 9.48. The predicted octanol–water partition coefficient (Wildman–Crippen LogP) is 3.77. The number of aromatic amines is 1. The van der Waals surface area contributed by atoms with Crippen molar-refractivity contribution in [1.29, 1.82) is 0 Å². The molecular weight excluding hydrogens is 399 g/mol. The van der Waals surface area contributed by atoms with Gasteiger partial charge in [-0.1, -0.05) is 23.2 Å². The van der Waals surface area contributed by atoms with Gasteiger partial charge < -0.3 is 5.32 Å². The third-order valence-electron chi connectivity index (χ3n) is 3.32. The SMILES string of the molecule is O=C(Nc1ccc(Cl)cc1)c1cn[nH]c1S(=O)(=O)Nc1ccc(Cl)cc1. The van der Waals surface area contributed by atoms with Crippen LogP contribution in [0.15, 0.2) is 59.8 Å². The molecule has 0 saturated heterocycles. The Morgan fingerprint density at radius 2 is 1.46 bits per heavy atom. The van der Waals surface area contributed by atoms with Gasteiger partial charge in [0.2, 0.25) is 0 Å². The van der Waals surface area contributed by atoms with Gasteiger partial charge in [0.15, 0.2) is 5.03 Å². The van der Waals surface area contributed by atoms with E-state index in [9.17, 15) is 13.2 Å². The molecule has 0 atom stereocenters. The molecule has 0 radical (unpaired) electrons. The van der Waals surface area contributed by atoms with Gasteiger partial charge in [-0.15, -0.1) is 0 Å². The molecule has 0 unspecified atom stereocenters. The summed E-state index contributed by atoms with van der Waals surface area (Å²) in [5.74, 6) is -0.627. The number of nitrogens with one attached hydrogen (secondary N) is 3. The molecule has 0 bridgehead atoms. The number of benzene rings is 2. The molecule has 7 nitrogen and oxygen atoms in total. The van der Waals surface area contributed by atoms with Crippen molar-refractivity contribution in [3.05, 3.63) is 70.3 Å². The van der Waals surface area contributed by atoms with Crippen LogP contribution in [0.2, 0.25) is 10.0 Å². The lowest BCUT2D eigenvalue weighted by Crippen LogP contribution is -2.19. The highest BCUT2D eigenvalue weighted by Gasteiger charge is 2.25. The number of nitrogens with zero attached hydrogens (tertiary/aromatic N) is 1. The maximum Gasteiger partial charge on any atom is 0.279 e. The standard InChI is InChI=1S/C16H12Cl2N4O3S/c17-10-1-5-12(6-2-10)20-15(23)14-9-19-21-16(14)26(24,25)22-13-7-3-11(18)4-8-13/h1-9,22H,(H,19,21)(H,20,23). The Hall–Kier alpha value is -2.55. The fraction of sp³-hybridized carbons (Fsp3) is 0. The Bertz CT molecular complexity index is 1030. The lowest BCUT2D eigenvalue weighted by atomic mass is 10.3. The van der Waals surface area contributed by atoms with E-state index in [0.717, 1.165) is 6.20 Å². The van der Waals surface area contributed by atoms with E-state index >= 15 is 0 Å². The van der Waals surface area contributed by atoms with Crippen molar-refractivity contribution in [3.63, 3.8) is 0 Å². The number of hydrogen-bond donors (Lipinski definition) is 3. The smallest absolute Gasteiger partial charge is 0.279 e. The third-order valence-corrected chi connectivity index (χ3v) is 5.17. The van der Waals surface area contributed by atoms with Gasteiger partial charge in [-0.2, -0.15) is 13.5 Å². The van der Waals surface area contributed by atoms with Crippen molar-refractivity contribution in [2.75, 3.05) is 10.0 Å². The zero-order valence-electron chi connectivity index (χ0n) is 13.0. The molecule has 1 heterocycles. The number of carbonyl (C=O) groups excluding carboxylic acids is 1. The average Bonchev–Trinajstić information content (AvgIpc) is 3.10. The maximum absolute atomic E-state index is 12.6. The number of hydrogen-bond acceptors (Lipinski definition) is 4. The number of rotatable bonds is 5. The van der Waals surface area contributed by atoms with Crippen molar-refractivity contribution in [1.82, 2.24) is 10.2 Å². The van der Waals surface area contributed by atoms with Crippen molar-refractivity contribution in [2.24, 2.45) is 0 Å². The maximum atomic E-state index is 12.6. The molecule has 1 amide bonds. The normalized spacial score (nSPS) is 11.2. The van der Waals surface area contributed by atoms with Crippen LogP contribution in [0.1, 0.15) is 10.4 Å². The summed E-state index contributed by atoms with van der Waals surface area (Å²) in [4.78, 5) is 12.4. The van der Waals surface area contributed by atoms with E-state index in [1.807, 2.05) is 0 Å². The molecule has 0 aliphatic heterocycles. The molecular formula is C16H12Cl2N4O3S. The van der Waals surface area contributed by atoms with Crippen LogP contribution in [0, 0.1) is 0 Å². The molecule has 0 fully saturated rings. The minimum atomic E-state index is -4.05. The zero-order chi connectivity index (χ0) is 18.7. The van der Waals surface area contributed by atoms with Crippen molar-refractivity contribution in [2.45, 2.75) is 5.03 Å². The van der Waals surface area contributed by atoms with Crippen LogP contribution in [0.3, 0.4) is 0 Å². The first-order chi connectivity index (χ1) is 12.3. The van der Waals surface area contributed by atoms with Crippen LogP contribution in [0.4, 0.5) is 11.4 Å². The van der Waals surface area contributed by atoms with Gasteiger partial charge in [0.25, 0.3) is 15.9 Å². The fourth-order valence-electron chi connectivity index (χ4n) is 2.10. The molecule has 0 spiro atoms. The quantitative estimate of drug-likeness (QED) is 0.595. The molecule has 3 N–H and O–H groups in total. The van der Waals surface area contributed by atoms with Crippen LogP contribution in [-0.4, -0.2) is 24.5 Å². The summed E-state index contributed by atoms with van der Waals surface area (Å²) in [6.45, 7) is 0. The highest BCUT2D eigenvalue weighted by atomic mass is 35.5. The van der Waals surface area contributed by atoms with E-state index in [1.54, 1.807) is 36.4 Å². The predicted molar refractivity (Wildman–Crippen MR) is 100 cm³/mol. The number of carbonyl (C=O) groups is 1. The number of anilines is 2. The van der Waals surface area contributed by atoms with Gasteiger partial charge in [-0.05, 0) is 48.5 Å². The van der Waals surface area contributed by atoms with Gasteiger partial charge in [0.05, 0.1) is 11.8 Å². The van der Waals surface area contributed by atoms with Gasteiger partial charge in [0.1, 0.15) is 0 Å². The van der Waals surface area contributed by atoms with Crippen LogP contribution in [0.5, 0.6) is 0 Å². The molecule has 0 aliphatic rings. The second-order valence-electron chi connectivity index (χ2n) is 5.19. The Labute approximate surface area is 159 Å². The van der Waals surface area contributed by atoms with Crippen molar-refractivity contribution in [3.8, 4) is 0 Å². The van der Waals surface area contributed by atoms with E-state index in [4.69, 9.17) is 23.2 Å². The summed E-state index contributed by atoms with van der Waals surface area (Å²) in [5.41, 5.74) is 0.643. The molecule has 10 heteroatoms. The van der Waals surface area contributed by atoms with Crippen LogP contribution >= 0.6 is 23.2 Å². The van der Waals surface area contributed by atoms with Crippen LogP contribution in [0.25, 0.3) is 0 Å². The lowest BCUT2D eigenvalue weighted by molar-refractivity contribution is 0.102. The topological polar surface area (TPSA) is 104 Å². The molecule has 1 aromatic heterocycles.